The lowest BCUT2D eigenvalue weighted by Crippen LogP contribution is -2.03. The molecule has 0 unspecified atom stereocenters. The molecule has 0 heterocycles. The van der Waals surface area contributed by atoms with Crippen LogP contribution in [0.5, 0.6) is 5.75 Å². The van der Waals surface area contributed by atoms with E-state index >= 15 is 0 Å². The van der Waals surface area contributed by atoms with Gasteiger partial charge in [-0.1, -0.05) is 56.9 Å². The van der Waals surface area contributed by atoms with E-state index in [9.17, 15) is 13.2 Å². The summed E-state index contributed by atoms with van der Waals surface area (Å²) in [4.78, 5) is 0. The molecule has 28 heavy (non-hydrogen) atoms. The molecule has 0 aromatic heterocycles. The molecule has 2 aromatic carbocycles. The first-order chi connectivity index (χ1) is 13.6. The number of nitrogens with zero attached hydrogens (tertiary/aromatic N) is 2. The highest BCUT2D eigenvalue weighted by molar-refractivity contribution is 5.82. The van der Waals surface area contributed by atoms with Gasteiger partial charge in [-0.3, -0.25) is 0 Å². The molecule has 150 valence electrons. The summed E-state index contributed by atoms with van der Waals surface area (Å²) in [5, 5.41) is 7.79. The quantitative estimate of drug-likeness (QED) is 0.249. The largest absolute Gasteiger partial charge is 0.432 e. The number of aryl methyl sites for hydroxylation is 1. The number of rotatable bonds is 11. The van der Waals surface area contributed by atoms with Crippen LogP contribution < -0.4 is 4.74 Å². The molecule has 0 spiro atoms. The molecule has 0 radical (unpaired) electrons. The predicted octanol–water partition coefficient (Wildman–Crippen LogP) is 6.39. The van der Waals surface area contributed by atoms with Gasteiger partial charge in [-0.05, 0) is 47.7 Å². The van der Waals surface area contributed by atoms with Crippen molar-refractivity contribution >= 4 is 12.4 Å². The first-order valence-corrected chi connectivity index (χ1v) is 9.48. The number of ether oxygens (including phenoxy) is 1. The minimum Gasteiger partial charge on any atom is -0.432 e. The molecule has 2 aromatic rings. The monoisotopic (exact) mass is 390 g/mol. The number of hydrogen-bond acceptors (Lipinski definition) is 3. The molecule has 6 heteroatoms. The van der Waals surface area contributed by atoms with Crippen molar-refractivity contribution in [2.24, 2.45) is 10.2 Å². The van der Waals surface area contributed by atoms with Gasteiger partial charge in [0.15, 0.2) is 11.6 Å². The predicted molar refractivity (Wildman–Crippen MR) is 107 cm³/mol. The van der Waals surface area contributed by atoms with Gasteiger partial charge in [0.05, 0.1) is 12.4 Å². The first kappa shape index (κ1) is 21.7. The molecule has 0 atom stereocenters. The number of alkyl halides is 2. The summed E-state index contributed by atoms with van der Waals surface area (Å²) in [7, 11) is 0. The number of halogens is 3. The zero-order chi connectivity index (χ0) is 20.2. The van der Waals surface area contributed by atoms with Crippen LogP contribution in [0.2, 0.25) is 0 Å². The summed E-state index contributed by atoms with van der Waals surface area (Å²) < 4.78 is 41.9. The lowest BCUT2D eigenvalue weighted by molar-refractivity contribution is -0.0521. The lowest BCUT2D eigenvalue weighted by Gasteiger charge is -2.05. The van der Waals surface area contributed by atoms with Crippen molar-refractivity contribution in [2.75, 3.05) is 0 Å². The molecular formula is C22H25F3N2O. The van der Waals surface area contributed by atoms with E-state index in [1.54, 1.807) is 6.21 Å². The van der Waals surface area contributed by atoms with E-state index in [0.717, 1.165) is 24.1 Å². The highest BCUT2D eigenvalue weighted by Gasteiger charge is 2.09. The third kappa shape index (κ3) is 7.94. The maximum atomic E-state index is 13.6. The zero-order valence-electron chi connectivity index (χ0n) is 16.0. The van der Waals surface area contributed by atoms with Crippen LogP contribution in [0.1, 0.15) is 55.7 Å². The summed E-state index contributed by atoms with van der Waals surface area (Å²) in [6, 6.07) is 11.8. The fourth-order valence-corrected chi connectivity index (χ4v) is 2.69. The van der Waals surface area contributed by atoms with E-state index < -0.39 is 18.2 Å². The van der Waals surface area contributed by atoms with Crippen LogP contribution in [-0.4, -0.2) is 19.0 Å². The van der Waals surface area contributed by atoms with Crippen molar-refractivity contribution in [1.29, 1.82) is 0 Å². The highest BCUT2D eigenvalue weighted by atomic mass is 19.3. The number of hydrogen-bond donors (Lipinski definition) is 0. The molecule has 0 amide bonds. The van der Waals surface area contributed by atoms with Crippen LogP contribution in [0, 0.1) is 5.82 Å². The van der Waals surface area contributed by atoms with Crippen LogP contribution >= 0.6 is 0 Å². The average Bonchev–Trinajstić information content (AvgIpc) is 2.68. The Morgan fingerprint density at radius 2 is 1.54 bits per heavy atom. The van der Waals surface area contributed by atoms with E-state index in [1.807, 2.05) is 12.1 Å². The van der Waals surface area contributed by atoms with E-state index in [0.29, 0.717) is 5.56 Å². The van der Waals surface area contributed by atoms with Gasteiger partial charge in [-0.25, -0.2) is 4.39 Å². The van der Waals surface area contributed by atoms with Gasteiger partial charge in [0.25, 0.3) is 0 Å². The molecule has 0 saturated heterocycles. The Morgan fingerprint density at radius 3 is 2.18 bits per heavy atom. The van der Waals surface area contributed by atoms with E-state index in [2.05, 4.69) is 34.0 Å². The Bertz CT molecular complexity index is 774. The van der Waals surface area contributed by atoms with E-state index in [4.69, 9.17) is 0 Å². The summed E-state index contributed by atoms with van der Waals surface area (Å²) >= 11 is 0. The van der Waals surface area contributed by atoms with Crippen molar-refractivity contribution < 1.29 is 17.9 Å². The fraction of sp³-hybridized carbons (Fsp3) is 0.364. The fourth-order valence-electron chi connectivity index (χ4n) is 2.69. The Morgan fingerprint density at radius 1 is 0.893 bits per heavy atom. The van der Waals surface area contributed by atoms with E-state index in [1.165, 1.54) is 49.9 Å². The highest BCUT2D eigenvalue weighted by Crippen LogP contribution is 2.19. The molecular weight excluding hydrogens is 365 g/mol. The van der Waals surface area contributed by atoms with E-state index in [-0.39, 0.29) is 0 Å². The second-order valence-electron chi connectivity index (χ2n) is 6.46. The summed E-state index contributed by atoms with van der Waals surface area (Å²) in [6.45, 7) is -0.851. The minimum atomic E-state index is -3.06. The average molecular weight is 390 g/mol. The van der Waals surface area contributed by atoms with Gasteiger partial charge in [0.1, 0.15) is 0 Å². The number of unbranched alkanes of at least 4 members (excludes halogenated alkanes) is 4. The summed E-state index contributed by atoms with van der Waals surface area (Å²) in [5.74, 6) is -1.38. The summed E-state index contributed by atoms with van der Waals surface area (Å²) in [6.07, 6.45) is 10.3. The van der Waals surface area contributed by atoms with Crippen LogP contribution in [0.3, 0.4) is 0 Å². The molecule has 0 aliphatic rings. The molecule has 3 nitrogen and oxygen atoms in total. The third-order valence-electron chi connectivity index (χ3n) is 4.20. The van der Waals surface area contributed by atoms with Crippen molar-refractivity contribution in [3.05, 3.63) is 65.0 Å². The molecule has 0 fully saturated rings. The van der Waals surface area contributed by atoms with Crippen molar-refractivity contribution in [1.82, 2.24) is 0 Å². The van der Waals surface area contributed by atoms with Crippen LogP contribution in [0.25, 0.3) is 0 Å². The van der Waals surface area contributed by atoms with Crippen molar-refractivity contribution in [2.45, 2.75) is 52.1 Å². The van der Waals surface area contributed by atoms with Crippen LogP contribution in [0.15, 0.2) is 52.7 Å². The Balaban J connectivity index is 1.82. The molecule has 0 aliphatic heterocycles. The van der Waals surface area contributed by atoms with Crippen LogP contribution in [-0.2, 0) is 6.42 Å². The van der Waals surface area contributed by atoms with Crippen molar-refractivity contribution in [3.63, 3.8) is 0 Å². The second-order valence-corrected chi connectivity index (χ2v) is 6.46. The lowest BCUT2D eigenvalue weighted by atomic mass is 10.0. The topological polar surface area (TPSA) is 34.0 Å². The maximum absolute atomic E-state index is 13.6. The van der Waals surface area contributed by atoms with Gasteiger partial charge in [0.2, 0.25) is 0 Å². The summed E-state index contributed by atoms with van der Waals surface area (Å²) in [5.41, 5.74) is 2.62. The Hall–Kier alpha value is -2.63. The normalized spacial score (nSPS) is 11.8. The van der Waals surface area contributed by atoms with Crippen molar-refractivity contribution in [3.8, 4) is 5.75 Å². The zero-order valence-corrected chi connectivity index (χ0v) is 16.0. The SMILES string of the molecule is CCCCCCCc1ccc(C=NN=Cc2ccc(OC(F)F)c(F)c2)cc1. The molecule has 2 rings (SSSR count). The van der Waals surface area contributed by atoms with Gasteiger partial charge >= 0.3 is 6.61 Å². The first-order valence-electron chi connectivity index (χ1n) is 9.48. The molecule has 0 saturated carbocycles. The standard InChI is InChI=1S/C22H25F3N2O/c1-2-3-4-5-6-7-17-8-10-18(11-9-17)15-26-27-16-19-12-13-21(20(23)14-19)28-22(24)25/h8-16,22H,2-7H2,1H3. The van der Waals surface area contributed by atoms with Crippen LogP contribution in [0.4, 0.5) is 13.2 Å². The van der Waals surface area contributed by atoms with Gasteiger partial charge in [-0.15, -0.1) is 0 Å². The minimum absolute atomic E-state index is 0.398. The Kier molecular flexibility index (Phi) is 9.25. The third-order valence-corrected chi connectivity index (χ3v) is 4.20. The van der Waals surface area contributed by atoms with Gasteiger partial charge in [0, 0.05) is 0 Å². The molecule has 0 N–H and O–H groups in total. The smallest absolute Gasteiger partial charge is 0.387 e. The second kappa shape index (κ2) is 12.0. The number of benzene rings is 2. The molecule has 0 aliphatic carbocycles. The van der Waals surface area contributed by atoms with Gasteiger partial charge < -0.3 is 4.74 Å². The molecule has 0 bridgehead atoms. The maximum Gasteiger partial charge on any atom is 0.387 e. The van der Waals surface area contributed by atoms with Gasteiger partial charge in [-0.2, -0.15) is 19.0 Å². The Labute approximate surface area is 164 Å².